The van der Waals surface area contributed by atoms with Crippen LogP contribution in [-0.2, 0) is 13.0 Å². The summed E-state index contributed by atoms with van der Waals surface area (Å²) in [5.41, 5.74) is 1.11. The predicted octanol–water partition coefficient (Wildman–Crippen LogP) is 2.69. The molecule has 2 aromatic heterocycles. The van der Waals surface area contributed by atoms with E-state index in [1.54, 1.807) is 13.0 Å². The van der Waals surface area contributed by atoms with Crippen molar-refractivity contribution in [2.75, 3.05) is 11.9 Å². The van der Waals surface area contributed by atoms with Gasteiger partial charge in [0.15, 0.2) is 17.3 Å². The summed E-state index contributed by atoms with van der Waals surface area (Å²) < 4.78 is 6.84. The number of imidazole rings is 1. The van der Waals surface area contributed by atoms with Crippen molar-refractivity contribution in [3.8, 4) is 0 Å². The lowest BCUT2D eigenvalue weighted by Gasteiger charge is -2.17. The van der Waals surface area contributed by atoms with Crippen LogP contribution in [0.5, 0.6) is 0 Å². The highest BCUT2D eigenvalue weighted by atomic mass is 16.5. The number of unbranched alkanes of at least 4 members (excludes halogenated alkanes) is 2. The standard InChI is InChI=1S/C18H25N5O3/c1-3-4-6-9-19-18(25)16-21-15(13-8-5-7-10-23(13)16)17(24)20-14-11-12(2)26-22-14/h11H,3-10H2,1-2H3,(H,19,25)(H,20,22,24). The maximum atomic E-state index is 12.6. The molecule has 2 amide bonds. The fourth-order valence-electron chi connectivity index (χ4n) is 3.16. The average Bonchev–Trinajstić information content (AvgIpc) is 3.22. The summed E-state index contributed by atoms with van der Waals surface area (Å²) in [4.78, 5) is 29.5. The first-order valence-electron chi connectivity index (χ1n) is 9.22. The van der Waals surface area contributed by atoms with Gasteiger partial charge in [-0.1, -0.05) is 24.9 Å². The second-order valence-electron chi connectivity index (χ2n) is 6.58. The highest BCUT2D eigenvalue weighted by Crippen LogP contribution is 2.22. The Morgan fingerprint density at radius 1 is 1.27 bits per heavy atom. The van der Waals surface area contributed by atoms with Crippen LogP contribution >= 0.6 is 0 Å². The van der Waals surface area contributed by atoms with Crippen molar-refractivity contribution in [3.63, 3.8) is 0 Å². The zero-order chi connectivity index (χ0) is 18.5. The second kappa shape index (κ2) is 8.16. The van der Waals surface area contributed by atoms with E-state index in [-0.39, 0.29) is 11.8 Å². The van der Waals surface area contributed by atoms with E-state index in [9.17, 15) is 9.59 Å². The van der Waals surface area contributed by atoms with Crippen LogP contribution in [0.15, 0.2) is 10.6 Å². The number of hydrogen-bond acceptors (Lipinski definition) is 5. The van der Waals surface area contributed by atoms with Gasteiger partial charge in [0.1, 0.15) is 5.76 Å². The van der Waals surface area contributed by atoms with E-state index in [4.69, 9.17) is 4.52 Å². The molecule has 0 saturated heterocycles. The molecule has 1 aliphatic heterocycles. The molecule has 3 heterocycles. The molecule has 2 N–H and O–H groups in total. The summed E-state index contributed by atoms with van der Waals surface area (Å²) in [5.74, 6) is 0.683. The van der Waals surface area contributed by atoms with Crippen LogP contribution in [0.2, 0.25) is 0 Å². The van der Waals surface area contributed by atoms with E-state index in [1.807, 2.05) is 4.57 Å². The molecule has 0 saturated carbocycles. The third-order valence-electron chi connectivity index (χ3n) is 4.47. The molecule has 140 valence electrons. The number of rotatable bonds is 7. The van der Waals surface area contributed by atoms with Crippen LogP contribution < -0.4 is 10.6 Å². The topological polar surface area (TPSA) is 102 Å². The van der Waals surface area contributed by atoms with Crippen molar-refractivity contribution in [2.45, 2.75) is 58.9 Å². The molecule has 1 aliphatic rings. The fourth-order valence-corrected chi connectivity index (χ4v) is 3.16. The van der Waals surface area contributed by atoms with Crippen molar-refractivity contribution >= 4 is 17.6 Å². The molecule has 0 atom stereocenters. The molecule has 0 bridgehead atoms. The van der Waals surface area contributed by atoms with Gasteiger partial charge in [0, 0.05) is 19.2 Å². The lowest BCUT2D eigenvalue weighted by Crippen LogP contribution is -2.28. The first-order valence-corrected chi connectivity index (χ1v) is 9.22. The Kier molecular flexibility index (Phi) is 5.70. The lowest BCUT2D eigenvalue weighted by molar-refractivity contribution is 0.0937. The van der Waals surface area contributed by atoms with Gasteiger partial charge in [-0.05, 0) is 32.6 Å². The number of fused-ring (bicyclic) bond motifs is 1. The Morgan fingerprint density at radius 3 is 2.85 bits per heavy atom. The van der Waals surface area contributed by atoms with Gasteiger partial charge in [0.05, 0.1) is 5.69 Å². The number of carbonyl (C=O) groups excluding carboxylic acids is 2. The number of carbonyl (C=O) groups is 2. The highest BCUT2D eigenvalue weighted by molar-refractivity contribution is 6.04. The summed E-state index contributed by atoms with van der Waals surface area (Å²) in [6.45, 7) is 5.20. The van der Waals surface area contributed by atoms with Crippen molar-refractivity contribution in [1.82, 2.24) is 20.0 Å². The summed E-state index contributed by atoms with van der Waals surface area (Å²) in [6, 6.07) is 1.64. The van der Waals surface area contributed by atoms with Gasteiger partial charge in [-0.15, -0.1) is 0 Å². The largest absolute Gasteiger partial charge is 0.360 e. The number of amides is 2. The third kappa shape index (κ3) is 3.95. The zero-order valence-electron chi connectivity index (χ0n) is 15.3. The first-order chi connectivity index (χ1) is 12.6. The Balaban J connectivity index is 1.78. The van der Waals surface area contributed by atoms with Crippen LogP contribution in [0.1, 0.15) is 71.6 Å². The monoisotopic (exact) mass is 359 g/mol. The molecular formula is C18H25N5O3. The Hall–Kier alpha value is -2.64. The van der Waals surface area contributed by atoms with Gasteiger partial charge in [0.2, 0.25) is 0 Å². The summed E-state index contributed by atoms with van der Waals surface area (Å²) in [5, 5.41) is 9.37. The summed E-state index contributed by atoms with van der Waals surface area (Å²) in [7, 11) is 0. The zero-order valence-corrected chi connectivity index (χ0v) is 15.3. The van der Waals surface area contributed by atoms with E-state index >= 15 is 0 Å². The highest BCUT2D eigenvalue weighted by Gasteiger charge is 2.27. The molecule has 0 spiro atoms. The molecule has 8 nitrogen and oxygen atoms in total. The van der Waals surface area contributed by atoms with Gasteiger partial charge in [-0.25, -0.2) is 4.98 Å². The van der Waals surface area contributed by atoms with Gasteiger partial charge >= 0.3 is 0 Å². The molecule has 0 fully saturated rings. The SMILES string of the molecule is CCCCCNC(=O)c1nc(C(=O)Nc2cc(C)on2)c2n1CCCC2. The third-order valence-corrected chi connectivity index (χ3v) is 4.47. The minimum atomic E-state index is -0.367. The van der Waals surface area contributed by atoms with Crippen LogP contribution in [-0.4, -0.2) is 33.1 Å². The molecular weight excluding hydrogens is 334 g/mol. The minimum absolute atomic E-state index is 0.222. The Bertz CT molecular complexity index is 793. The van der Waals surface area contributed by atoms with Crippen LogP contribution in [0.3, 0.4) is 0 Å². The maximum Gasteiger partial charge on any atom is 0.287 e. The smallest absolute Gasteiger partial charge is 0.287 e. The van der Waals surface area contributed by atoms with Crippen LogP contribution in [0.25, 0.3) is 0 Å². The van der Waals surface area contributed by atoms with Gasteiger partial charge in [0.25, 0.3) is 11.8 Å². The average molecular weight is 359 g/mol. The van der Waals surface area contributed by atoms with Gasteiger partial charge in [-0.3, -0.25) is 9.59 Å². The maximum absolute atomic E-state index is 12.6. The van der Waals surface area contributed by atoms with Crippen molar-refractivity contribution in [1.29, 1.82) is 0 Å². The molecule has 0 radical (unpaired) electrons. The molecule has 3 rings (SSSR count). The van der Waals surface area contributed by atoms with Crippen molar-refractivity contribution < 1.29 is 14.1 Å². The summed E-state index contributed by atoms with van der Waals surface area (Å²) in [6.07, 6.45) is 5.80. The quantitative estimate of drug-likeness (QED) is 0.740. The van der Waals surface area contributed by atoms with E-state index in [1.165, 1.54) is 0 Å². The lowest BCUT2D eigenvalue weighted by atomic mass is 10.1. The van der Waals surface area contributed by atoms with E-state index in [0.29, 0.717) is 36.2 Å². The summed E-state index contributed by atoms with van der Waals surface area (Å²) >= 11 is 0. The molecule has 0 aromatic carbocycles. The van der Waals surface area contributed by atoms with E-state index < -0.39 is 0 Å². The van der Waals surface area contributed by atoms with Gasteiger partial charge < -0.3 is 19.7 Å². The van der Waals surface area contributed by atoms with Crippen LogP contribution in [0, 0.1) is 6.92 Å². The van der Waals surface area contributed by atoms with E-state index in [0.717, 1.165) is 44.2 Å². The van der Waals surface area contributed by atoms with Crippen molar-refractivity contribution in [2.24, 2.45) is 0 Å². The normalized spacial score (nSPS) is 13.3. The Labute approximate surface area is 152 Å². The van der Waals surface area contributed by atoms with Gasteiger partial charge in [-0.2, -0.15) is 0 Å². The minimum Gasteiger partial charge on any atom is -0.360 e. The molecule has 0 aliphatic carbocycles. The second-order valence-corrected chi connectivity index (χ2v) is 6.58. The number of aromatic nitrogens is 3. The van der Waals surface area contributed by atoms with Crippen molar-refractivity contribution in [3.05, 3.63) is 29.0 Å². The number of nitrogens with one attached hydrogen (secondary N) is 2. The predicted molar refractivity (Wildman–Crippen MR) is 96.2 cm³/mol. The number of anilines is 1. The molecule has 26 heavy (non-hydrogen) atoms. The van der Waals surface area contributed by atoms with Crippen LogP contribution in [0.4, 0.5) is 5.82 Å². The van der Waals surface area contributed by atoms with E-state index in [2.05, 4.69) is 27.7 Å². The molecule has 0 unspecified atom stereocenters. The number of nitrogens with zero attached hydrogens (tertiary/aromatic N) is 3. The molecule has 8 heteroatoms. The number of hydrogen-bond donors (Lipinski definition) is 2. The Morgan fingerprint density at radius 2 is 2.12 bits per heavy atom. The fraction of sp³-hybridized carbons (Fsp3) is 0.556. The molecule has 2 aromatic rings. The number of aryl methyl sites for hydroxylation is 1. The first kappa shape index (κ1) is 18.2.